The van der Waals surface area contributed by atoms with Gasteiger partial charge in [0.1, 0.15) is 17.3 Å². The van der Waals surface area contributed by atoms with Crippen molar-refractivity contribution in [2.45, 2.75) is 6.04 Å². The Morgan fingerprint density at radius 1 is 0.865 bits per heavy atom. The number of benzene rings is 4. The van der Waals surface area contributed by atoms with Crippen LogP contribution in [0.15, 0.2) is 84.4 Å². The van der Waals surface area contributed by atoms with Crippen molar-refractivity contribution in [3.63, 3.8) is 0 Å². The number of nitrogens with zero attached hydrogens (tertiary/aromatic N) is 1. The molecule has 1 amide bonds. The Morgan fingerprint density at radius 3 is 2.35 bits per heavy atom. The molecular formula is C29H21F2NO5. The Balaban J connectivity index is 1.83. The van der Waals surface area contributed by atoms with Gasteiger partial charge in [0.25, 0.3) is 11.7 Å². The number of fused-ring (bicyclic) bond motifs is 1. The van der Waals surface area contributed by atoms with Gasteiger partial charge in [0.15, 0.2) is 11.6 Å². The van der Waals surface area contributed by atoms with Crippen LogP contribution in [-0.2, 0) is 9.59 Å². The minimum atomic E-state index is -1.18. The third kappa shape index (κ3) is 3.96. The number of hydrogen-bond donors (Lipinski definition) is 1. The normalized spacial score (nSPS) is 16.9. The van der Waals surface area contributed by atoms with Crippen LogP contribution in [0.3, 0.4) is 0 Å². The summed E-state index contributed by atoms with van der Waals surface area (Å²) < 4.78 is 38.7. The summed E-state index contributed by atoms with van der Waals surface area (Å²) in [6, 6.07) is 19.2. The number of aliphatic hydroxyl groups excluding tert-OH is 1. The third-order valence-corrected chi connectivity index (χ3v) is 6.41. The van der Waals surface area contributed by atoms with Crippen LogP contribution in [0.4, 0.5) is 14.5 Å². The van der Waals surface area contributed by atoms with Crippen LogP contribution < -0.4 is 14.4 Å². The molecule has 37 heavy (non-hydrogen) atoms. The van der Waals surface area contributed by atoms with E-state index in [2.05, 4.69) is 0 Å². The number of aliphatic hydroxyl groups is 1. The Morgan fingerprint density at radius 2 is 1.62 bits per heavy atom. The maximum atomic E-state index is 14.3. The minimum absolute atomic E-state index is 0.0319. The lowest BCUT2D eigenvalue weighted by molar-refractivity contribution is -0.132. The zero-order valence-electron chi connectivity index (χ0n) is 19.9. The minimum Gasteiger partial charge on any atom is -0.507 e. The summed E-state index contributed by atoms with van der Waals surface area (Å²) >= 11 is 0. The van der Waals surface area contributed by atoms with Crippen LogP contribution in [0.1, 0.15) is 17.2 Å². The smallest absolute Gasteiger partial charge is 0.300 e. The molecule has 4 aromatic carbocycles. The molecule has 1 heterocycles. The van der Waals surface area contributed by atoms with Crippen molar-refractivity contribution < 1.29 is 33.0 Å². The van der Waals surface area contributed by atoms with Crippen LogP contribution in [0.2, 0.25) is 0 Å². The Hall–Kier alpha value is -4.72. The quantitative estimate of drug-likeness (QED) is 0.214. The molecule has 1 atom stereocenters. The molecule has 0 saturated carbocycles. The van der Waals surface area contributed by atoms with E-state index in [-0.39, 0.29) is 22.6 Å². The maximum absolute atomic E-state index is 14.3. The number of amides is 1. The molecule has 1 saturated heterocycles. The van der Waals surface area contributed by atoms with Crippen LogP contribution in [0, 0.1) is 11.6 Å². The number of Topliss-reactive ketones (excluding diaryl/α,β-unsaturated/α-hetero) is 1. The number of ether oxygens (including phenoxy) is 2. The first kappa shape index (κ1) is 24.0. The molecule has 0 bridgehead atoms. The van der Waals surface area contributed by atoms with E-state index in [1.165, 1.54) is 26.4 Å². The Bertz CT molecular complexity index is 1590. The number of carbonyl (C=O) groups excluding carboxylic acids is 2. The SMILES string of the molecule is COc1ccc(OC)c(/C(O)=C2\C(=O)C(=O)N(c3ccc(F)c(F)c3)C2c2cccc3ccccc23)c1. The van der Waals surface area contributed by atoms with Crippen LogP contribution >= 0.6 is 0 Å². The standard InChI is InChI=1S/C29H21F2NO5/c1-36-18-11-13-24(37-2)21(15-18)27(33)25-26(20-9-5-7-16-6-3-4-8-19(16)20)32(29(35)28(25)34)17-10-12-22(30)23(31)14-17/h3-15,26,33H,1-2H3/b27-25+. The highest BCUT2D eigenvalue weighted by Crippen LogP contribution is 2.45. The van der Waals surface area contributed by atoms with Crippen molar-refractivity contribution in [3.05, 3.63) is 107 Å². The Labute approximate surface area is 211 Å². The van der Waals surface area contributed by atoms with Crippen molar-refractivity contribution in [2.75, 3.05) is 19.1 Å². The second-order valence-corrected chi connectivity index (χ2v) is 8.40. The molecule has 0 radical (unpaired) electrons. The van der Waals surface area contributed by atoms with E-state index >= 15 is 0 Å². The zero-order valence-corrected chi connectivity index (χ0v) is 19.9. The van der Waals surface area contributed by atoms with E-state index in [1.54, 1.807) is 30.3 Å². The number of rotatable bonds is 5. The van der Waals surface area contributed by atoms with Crippen molar-refractivity contribution in [1.29, 1.82) is 0 Å². The second-order valence-electron chi connectivity index (χ2n) is 8.40. The lowest BCUT2D eigenvalue weighted by atomic mass is 9.91. The third-order valence-electron chi connectivity index (χ3n) is 6.41. The monoisotopic (exact) mass is 501 g/mol. The summed E-state index contributed by atoms with van der Waals surface area (Å²) in [4.78, 5) is 28.0. The molecule has 1 N–H and O–H groups in total. The molecule has 0 spiro atoms. The maximum Gasteiger partial charge on any atom is 0.300 e. The molecule has 1 unspecified atom stereocenters. The number of hydrogen-bond acceptors (Lipinski definition) is 5. The second kappa shape index (κ2) is 9.39. The van der Waals surface area contributed by atoms with E-state index in [4.69, 9.17) is 9.47 Å². The predicted octanol–water partition coefficient (Wildman–Crippen LogP) is 5.76. The van der Waals surface area contributed by atoms with E-state index in [9.17, 15) is 23.5 Å². The van der Waals surface area contributed by atoms with Crippen molar-refractivity contribution in [1.82, 2.24) is 0 Å². The fourth-order valence-corrected chi connectivity index (χ4v) is 4.66. The van der Waals surface area contributed by atoms with Gasteiger partial charge >= 0.3 is 0 Å². The molecular weight excluding hydrogens is 480 g/mol. The van der Waals surface area contributed by atoms with Crippen LogP contribution in [0.25, 0.3) is 16.5 Å². The summed E-state index contributed by atoms with van der Waals surface area (Å²) in [5.41, 5.74) is 0.397. The van der Waals surface area contributed by atoms with Crippen molar-refractivity contribution >= 4 is 33.9 Å². The predicted molar refractivity (Wildman–Crippen MR) is 135 cm³/mol. The summed E-state index contributed by atoms with van der Waals surface area (Å²) in [6.45, 7) is 0. The van der Waals surface area contributed by atoms with Gasteiger partial charge in [-0.05, 0) is 46.7 Å². The first-order valence-electron chi connectivity index (χ1n) is 11.3. The van der Waals surface area contributed by atoms with Crippen LogP contribution in [-0.4, -0.2) is 31.0 Å². The van der Waals surface area contributed by atoms with Crippen molar-refractivity contribution in [3.8, 4) is 11.5 Å². The van der Waals surface area contributed by atoms with Crippen LogP contribution in [0.5, 0.6) is 11.5 Å². The first-order valence-corrected chi connectivity index (χ1v) is 11.3. The molecule has 1 aliphatic heterocycles. The average Bonchev–Trinajstić information content (AvgIpc) is 3.19. The van der Waals surface area contributed by atoms with Gasteiger partial charge in [0.2, 0.25) is 0 Å². The van der Waals surface area contributed by atoms with Gasteiger partial charge in [-0.3, -0.25) is 14.5 Å². The van der Waals surface area contributed by atoms with Gasteiger partial charge in [-0.1, -0.05) is 42.5 Å². The highest BCUT2D eigenvalue weighted by Gasteiger charge is 2.47. The number of ketones is 1. The molecule has 0 aliphatic carbocycles. The van der Waals surface area contributed by atoms with Gasteiger partial charge in [-0.2, -0.15) is 0 Å². The molecule has 1 aliphatic rings. The fraction of sp³-hybridized carbons (Fsp3) is 0.103. The number of methoxy groups -OCH3 is 2. The summed E-state index contributed by atoms with van der Waals surface area (Å²) in [5.74, 6) is -4.10. The van der Waals surface area contributed by atoms with Gasteiger partial charge in [0.05, 0.1) is 31.4 Å². The van der Waals surface area contributed by atoms with Crippen molar-refractivity contribution in [2.24, 2.45) is 0 Å². The van der Waals surface area contributed by atoms with Gasteiger partial charge < -0.3 is 14.6 Å². The highest BCUT2D eigenvalue weighted by atomic mass is 19.2. The van der Waals surface area contributed by atoms with E-state index in [0.717, 1.165) is 22.4 Å². The number of halogens is 2. The fourth-order valence-electron chi connectivity index (χ4n) is 4.66. The van der Waals surface area contributed by atoms with E-state index in [1.807, 2.05) is 24.3 Å². The van der Waals surface area contributed by atoms with E-state index < -0.39 is 35.1 Å². The van der Waals surface area contributed by atoms with E-state index in [0.29, 0.717) is 16.7 Å². The number of anilines is 1. The molecule has 186 valence electrons. The molecule has 8 heteroatoms. The summed E-state index contributed by atoms with van der Waals surface area (Å²) in [6.07, 6.45) is 0. The molecule has 0 aromatic heterocycles. The zero-order chi connectivity index (χ0) is 26.3. The Kier molecular flexibility index (Phi) is 6.09. The highest BCUT2D eigenvalue weighted by molar-refractivity contribution is 6.52. The molecule has 4 aromatic rings. The lowest BCUT2D eigenvalue weighted by Gasteiger charge is -2.26. The molecule has 1 fully saturated rings. The topological polar surface area (TPSA) is 76.1 Å². The van der Waals surface area contributed by atoms with Gasteiger partial charge in [-0.15, -0.1) is 0 Å². The van der Waals surface area contributed by atoms with Gasteiger partial charge in [0, 0.05) is 11.8 Å². The largest absolute Gasteiger partial charge is 0.507 e. The first-order chi connectivity index (χ1) is 17.8. The molecule has 5 rings (SSSR count). The molecule has 6 nitrogen and oxygen atoms in total. The summed E-state index contributed by atoms with van der Waals surface area (Å²) in [7, 11) is 2.85. The number of carbonyl (C=O) groups is 2. The van der Waals surface area contributed by atoms with Gasteiger partial charge in [-0.25, -0.2) is 8.78 Å². The lowest BCUT2D eigenvalue weighted by Crippen LogP contribution is -2.29. The average molecular weight is 501 g/mol. The summed E-state index contributed by atoms with van der Waals surface area (Å²) in [5, 5.41) is 13.1.